The van der Waals surface area contributed by atoms with Crippen LogP contribution in [0.2, 0.25) is 0 Å². The smallest absolute Gasteiger partial charge is 0.223 e. The molecule has 4 N–H and O–H groups in total. The van der Waals surface area contributed by atoms with E-state index in [4.69, 9.17) is 15.3 Å². The summed E-state index contributed by atoms with van der Waals surface area (Å²) in [5.74, 6) is 0.257. The summed E-state index contributed by atoms with van der Waals surface area (Å²) in [6.45, 7) is -1.22. The molecule has 0 aromatic carbocycles. The van der Waals surface area contributed by atoms with E-state index < -0.39 is 25.4 Å². The monoisotopic (exact) mass is 325 g/mol. The van der Waals surface area contributed by atoms with Gasteiger partial charge in [0.05, 0.1) is 19.8 Å². The Bertz CT molecular complexity index is 294. The van der Waals surface area contributed by atoms with Gasteiger partial charge in [0.25, 0.3) is 0 Å². The zero-order valence-corrected chi connectivity index (χ0v) is 10.0. The van der Waals surface area contributed by atoms with Crippen molar-refractivity contribution in [2.75, 3.05) is 25.1 Å². The Hall–Kier alpha value is -0.510. The zero-order valence-electron chi connectivity index (χ0n) is 7.89. The van der Waals surface area contributed by atoms with Crippen LogP contribution < -0.4 is 5.32 Å². The van der Waals surface area contributed by atoms with E-state index in [1.165, 1.54) is 0 Å². The number of hydrogen-bond acceptors (Lipinski definition) is 6. The van der Waals surface area contributed by atoms with E-state index in [-0.39, 0.29) is 5.95 Å². The van der Waals surface area contributed by atoms with Gasteiger partial charge in [-0.05, 0) is 22.6 Å². The summed E-state index contributed by atoms with van der Waals surface area (Å²) in [7, 11) is 0. The molecule has 0 aliphatic carbocycles. The van der Waals surface area contributed by atoms with Gasteiger partial charge in [0.1, 0.15) is 5.54 Å². The highest BCUT2D eigenvalue weighted by Gasteiger charge is 2.28. The highest BCUT2D eigenvalue weighted by atomic mass is 127. The maximum absolute atomic E-state index is 9.05. The number of aliphatic hydroxyl groups excluding tert-OH is 3. The molecule has 6 nitrogen and oxygen atoms in total. The van der Waals surface area contributed by atoms with Crippen LogP contribution in [0.15, 0.2) is 12.4 Å². The molecule has 0 unspecified atom stereocenters. The predicted octanol–water partition coefficient (Wildman–Crippen LogP) is -0.791. The lowest BCUT2D eigenvalue weighted by Gasteiger charge is -2.28. The van der Waals surface area contributed by atoms with Gasteiger partial charge in [0, 0.05) is 16.0 Å². The first-order valence-corrected chi connectivity index (χ1v) is 5.32. The first-order chi connectivity index (χ1) is 7.15. The van der Waals surface area contributed by atoms with Crippen LogP contribution in [0.3, 0.4) is 0 Å². The van der Waals surface area contributed by atoms with Crippen LogP contribution in [0, 0.1) is 3.57 Å². The molecule has 0 radical (unpaired) electrons. The van der Waals surface area contributed by atoms with Crippen molar-refractivity contribution in [2.45, 2.75) is 5.54 Å². The number of halogens is 1. The van der Waals surface area contributed by atoms with E-state index in [1.807, 2.05) is 0 Å². The predicted molar refractivity (Wildman–Crippen MR) is 62.4 cm³/mol. The second-order valence-electron chi connectivity index (χ2n) is 3.10. The minimum atomic E-state index is -1.19. The maximum Gasteiger partial charge on any atom is 0.223 e. The fourth-order valence-corrected chi connectivity index (χ4v) is 1.16. The van der Waals surface area contributed by atoms with Gasteiger partial charge in [-0.25, -0.2) is 9.97 Å². The molecule has 0 saturated heterocycles. The standard InChI is InChI=1S/C8H12IN3O3/c9-6-1-10-7(11-2-6)12-8(3-13,4-14)5-15/h1-2,13-15H,3-5H2,(H,10,11,12). The maximum atomic E-state index is 9.05. The second-order valence-corrected chi connectivity index (χ2v) is 4.35. The van der Waals surface area contributed by atoms with Gasteiger partial charge in [-0.1, -0.05) is 0 Å². The summed E-state index contributed by atoms with van der Waals surface area (Å²) in [5.41, 5.74) is -1.19. The van der Waals surface area contributed by atoms with E-state index in [9.17, 15) is 0 Å². The summed E-state index contributed by atoms with van der Waals surface area (Å²) >= 11 is 2.06. The Balaban J connectivity index is 2.78. The summed E-state index contributed by atoms with van der Waals surface area (Å²) in [5, 5.41) is 29.9. The van der Waals surface area contributed by atoms with Crippen molar-refractivity contribution in [2.24, 2.45) is 0 Å². The third-order valence-electron chi connectivity index (χ3n) is 1.91. The number of nitrogens with one attached hydrogen (secondary N) is 1. The molecule has 0 atom stereocenters. The Kier molecular flexibility index (Phi) is 4.64. The molecule has 1 heterocycles. The van der Waals surface area contributed by atoms with Gasteiger partial charge in [0.15, 0.2) is 0 Å². The number of nitrogens with zero attached hydrogens (tertiary/aromatic N) is 2. The number of aliphatic hydroxyl groups is 3. The molecule has 84 valence electrons. The van der Waals surface area contributed by atoms with Gasteiger partial charge in [-0.2, -0.15) is 0 Å². The summed E-state index contributed by atoms with van der Waals surface area (Å²) in [6, 6.07) is 0. The zero-order chi connectivity index (χ0) is 11.3. The molecule has 0 bridgehead atoms. The van der Waals surface area contributed by atoms with Crippen molar-refractivity contribution < 1.29 is 15.3 Å². The minimum Gasteiger partial charge on any atom is -0.394 e. The highest BCUT2D eigenvalue weighted by molar-refractivity contribution is 14.1. The molecule has 0 fully saturated rings. The molecule has 1 aromatic rings. The van der Waals surface area contributed by atoms with Gasteiger partial charge in [-0.15, -0.1) is 0 Å². The van der Waals surface area contributed by atoms with Crippen LogP contribution in [0.5, 0.6) is 0 Å². The van der Waals surface area contributed by atoms with Crippen LogP contribution in [0.25, 0.3) is 0 Å². The van der Waals surface area contributed by atoms with Crippen LogP contribution >= 0.6 is 22.6 Å². The summed E-state index contributed by atoms with van der Waals surface area (Å²) < 4.78 is 0.876. The van der Waals surface area contributed by atoms with Crippen molar-refractivity contribution in [3.8, 4) is 0 Å². The lowest BCUT2D eigenvalue weighted by molar-refractivity contribution is 0.0828. The first kappa shape index (κ1) is 12.6. The largest absolute Gasteiger partial charge is 0.394 e. The topological polar surface area (TPSA) is 98.5 Å². The summed E-state index contributed by atoms with van der Waals surface area (Å²) in [4.78, 5) is 7.89. The highest BCUT2D eigenvalue weighted by Crippen LogP contribution is 2.11. The summed E-state index contributed by atoms with van der Waals surface area (Å²) in [6.07, 6.45) is 3.18. The molecule has 15 heavy (non-hydrogen) atoms. The Morgan fingerprint density at radius 3 is 2.00 bits per heavy atom. The second kappa shape index (κ2) is 5.54. The van der Waals surface area contributed by atoms with Crippen molar-refractivity contribution >= 4 is 28.5 Å². The number of anilines is 1. The molecule has 0 spiro atoms. The lowest BCUT2D eigenvalue weighted by atomic mass is 10.0. The van der Waals surface area contributed by atoms with Crippen LogP contribution in [0.1, 0.15) is 0 Å². The van der Waals surface area contributed by atoms with Crippen molar-refractivity contribution in [3.05, 3.63) is 16.0 Å². The van der Waals surface area contributed by atoms with Gasteiger partial charge < -0.3 is 20.6 Å². The van der Waals surface area contributed by atoms with Crippen molar-refractivity contribution in [1.82, 2.24) is 9.97 Å². The average Bonchev–Trinajstić information content (AvgIpc) is 2.29. The molecular weight excluding hydrogens is 313 g/mol. The molecule has 1 aromatic heterocycles. The quantitative estimate of drug-likeness (QED) is 0.530. The third-order valence-corrected chi connectivity index (χ3v) is 2.46. The van der Waals surface area contributed by atoms with E-state index in [2.05, 4.69) is 37.9 Å². The van der Waals surface area contributed by atoms with E-state index in [1.54, 1.807) is 12.4 Å². The Labute approximate surface area is 101 Å². The van der Waals surface area contributed by atoms with Crippen LogP contribution in [-0.4, -0.2) is 50.6 Å². The Morgan fingerprint density at radius 1 is 1.13 bits per heavy atom. The van der Waals surface area contributed by atoms with Crippen LogP contribution in [0.4, 0.5) is 5.95 Å². The molecule has 0 amide bonds. The SMILES string of the molecule is OCC(CO)(CO)Nc1ncc(I)cn1. The fourth-order valence-electron chi connectivity index (χ4n) is 0.883. The number of rotatable bonds is 5. The third kappa shape index (κ3) is 3.23. The fraction of sp³-hybridized carbons (Fsp3) is 0.500. The van der Waals surface area contributed by atoms with Gasteiger partial charge in [0.2, 0.25) is 5.95 Å². The van der Waals surface area contributed by atoms with E-state index >= 15 is 0 Å². The van der Waals surface area contributed by atoms with Gasteiger partial charge in [-0.3, -0.25) is 0 Å². The average molecular weight is 325 g/mol. The molecular formula is C8H12IN3O3. The van der Waals surface area contributed by atoms with Crippen LogP contribution in [-0.2, 0) is 0 Å². The first-order valence-electron chi connectivity index (χ1n) is 4.24. The van der Waals surface area contributed by atoms with Crippen molar-refractivity contribution in [3.63, 3.8) is 0 Å². The molecule has 7 heteroatoms. The number of aromatic nitrogens is 2. The molecule has 0 saturated carbocycles. The van der Waals surface area contributed by atoms with E-state index in [0.29, 0.717) is 0 Å². The van der Waals surface area contributed by atoms with Crippen molar-refractivity contribution in [1.29, 1.82) is 0 Å². The molecule has 1 rings (SSSR count). The molecule has 0 aliphatic heterocycles. The lowest BCUT2D eigenvalue weighted by Crippen LogP contribution is -2.49. The Morgan fingerprint density at radius 2 is 1.60 bits per heavy atom. The van der Waals surface area contributed by atoms with Gasteiger partial charge >= 0.3 is 0 Å². The normalized spacial score (nSPS) is 11.5. The number of hydrogen-bond donors (Lipinski definition) is 4. The molecule has 0 aliphatic rings. The van der Waals surface area contributed by atoms with E-state index in [0.717, 1.165) is 3.57 Å². The minimum absolute atomic E-state index is 0.257.